The van der Waals surface area contributed by atoms with Crippen LogP contribution in [0, 0.1) is 6.92 Å². The molecule has 9 aromatic rings. The van der Waals surface area contributed by atoms with E-state index in [4.69, 9.17) is 9.97 Å². The average molecular weight is 717 g/mol. The lowest BCUT2D eigenvalue weighted by molar-refractivity contribution is 0.661. The van der Waals surface area contributed by atoms with E-state index in [1.54, 1.807) is 0 Å². The third-order valence-electron chi connectivity index (χ3n) is 11.8. The van der Waals surface area contributed by atoms with Crippen LogP contribution < -0.4 is 0 Å². The molecule has 0 unspecified atom stereocenters. The first-order valence-corrected chi connectivity index (χ1v) is 19.4. The van der Waals surface area contributed by atoms with Crippen LogP contribution in [0.25, 0.3) is 82.8 Å². The monoisotopic (exact) mass is 716 g/mol. The summed E-state index contributed by atoms with van der Waals surface area (Å²) < 4.78 is 0. The number of benzene rings is 8. The molecule has 0 amide bonds. The van der Waals surface area contributed by atoms with E-state index in [2.05, 4.69) is 197 Å². The van der Waals surface area contributed by atoms with Crippen molar-refractivity contribution in [2.45, 2.75) is 26.2 Å². The Morgan fingerprint density at radius 2 is 1.18 bits per heavy atom. The molecule has 1 aliphatic carbocycles. The van der Waals surface area contributed by atoms with Gasteiger partial charge in [-0.25, -0.2) is 9.97 Å². The Balaban J connectivity index is 1.17. The van der Waals surface area contributed by atoms with Crippen molar-refractivity contribution in [3.05, 3.63) is 210 Å². The van der Waals surface area contributed by atoms with Crippen molar-refractivity contribution < 1.29 is 0 Å². The summed E-state index contributed by atoms with van der Waals surface area (Å²) >= 11 is 0. The second-order valence-electron chi connectivity index (χ2n) is 15.4. The summed E-state index contributed by atoms with van der Waals surface area (Å²) in [5.41, 5.74) is 14.8. The Bertz CT molecular complexity index is 3080. The molecule has 56 heavy (non-hydrogen) atoms. The molecule has 0 bridgehead atoms. The van der Waals surface area contributed by atoms with Crippen LogP contribution in [0.3, 0.4) is 0 Å². The molecular formula is C54H40N2. The molecule has 2 heteroatoms. The Hall–Kier alpha value is -6.90. The first kappa shape index (κ1) is 33.7. The van der Waals surface area contributed by atoms with Crippen LogP contribution in [-0.4, -0.2) is 9.97 Å². The minimum absolute atomic E-state index is 0.124. The van der Waals surface area contributed by atoms with Gasteiger partial charge >= 0.3 is 0 Å². The maximum absolute atomic E-state index is 5.39. The Morgan fingerprint density at radius 1 is 0.536 bits per heavy atom. The quantitative estimate of drug-likeness (QED) is 0.160. The Labute approximate surface area is 328 Å². The molecule has 0 saturated carbocycles. The minimum atomic E-state index is -0.124. The second kappa shape index (κ2) is 13.1. The van der Waals surface area contributed by atoms with Gasteiger partial charge in [0.25, 0.3) is 0 Å². The number of rotatable bonds is 6. The van der Waals surface area contributed by atoms with E-state index >= 15 is 0 Å². The largest absolute Gasteiger partial charge is 0.228 e. The maximum Gasteiger partial charge on any atom is 0.161 e. The highest BCUT2D eigenvalue weighted by Gasteiger charge is 2.36. The van der Waals surface area contributed by atoms with Crippen LogP contribution in [0.4, 0.5) is 0 Å². The van der Waals surface area contributed by atoms with E-state index < -0.39 is 0 Å². The zero-order valence-electron chi connectivity index (χ0n) is 31.8. The molecule has 266 valence electrons. The summed E-state index contributed by atoms with van der Waals surface area (Å²) in [4.78, 5) is 10.8. The number of nitrogens with zero attached hydrogens (tertiary/aromatic N) is 2. The number of hydrogen-bond acceptors (Lipinski definition) is 2. The van der Waals surface area contributed by atoms with Crippen molar-refractivity contribution in [3.8, 4) is 44.9 Å². The highest BCUT2D eigenvalue weighted by molar-refractivity contribution is 6.07. The topological polar surface area (TPSA) is 25.8 Å². The lowest BCUT2D eigenvalue weighted by Crippen LogP contribution is -2.15. The number of aromatic nitrogens is 2. The molecule has 0 saturated heterocycles. The Morgan fingerprint density at radius 3 is 1.96 bits per heavy atom. The molecule has 1 heterocycles. The van der Waals surface area contributed by atoms with Crippen molar-refractivity contribution in [2.75, 3.05) is 0 Å². The number of allylic oxidation sites excluding steroid dienone is 2. The number of fused-ring (bicyclic) bond motifs is 7. The molecule has 1 aromatic heterocycles. The van der Waals surface area contributed by atoms with E-state index in [9.17, 15) is 0 Å². The van der Waals surface area contributed by atoms with Crippen LogP contribution in [-0.2, 0) is 5.41 Å². The van der Waals surface area contributed by atoms with Gasteiger partial charge in [0, 0.05) is 22.1 Å². The summed E-state index contributed by atoms with van der Waals surface area (Å²) in [6.45, 7) is 11.0. The molecule has 0 fully saturated rings. The standard InChI is InChI=1S/C54H40N2/c1-5-15-44(38-20-9-6-16-34(38)2)50-33-51(45-25-14-19-35-17-7-10-21-39(35)45)56-53(55-50)46-30-29-40(42-23-12-13-24-43(42)46)37-26-28-47-49(32-37)54(3,4)48-31-27-36-18-8-11-22-41(36)52(47)48/h5-33H,1H2,2-4H3/b44-15+. The van der Waals surface area contributed by atoms with Crippen molar-refractivity contribution >= 4 is 37.9 Å². The molecule has 8 aromatic carbocycles. The zero-order chi connectivity index (χ0) is 38.0. The molecule has 0 atom stereocenters. The van der Waals surface area contributed by atoms with Crippen LogP contribution >= 0.6 is 0 Å². The van der Waals surface area contributed by atoms with Gasteiger partial charge in [-0.2, -0.15) is 0 Å². The van der Waals surface area contributed by atoms with E-state index in [0.717, 1.165) is 44.4 Å². The fraction of sp³-hybridized carbons (Fsp3) is 0.0741. The molecule has 0 aliphatic heterocycles. The molecule has 10 rings (SSSR count). The van der Waals surface area contributed by atoms with Gasteiger partial charge in [-0.3, -0.25) is 0 Å². The van der Waals surface area contributed by atoms with Gasteiger partial charge in [-0.1, -0.05) is 178 Å². The molecule has 2 nitrogen and oxygen atoms in total. The first-order valence-electron chi connectivity index (χ1n) is 19.4. The fourth-order valence-corrected chi connectivity index (χ4v) is 9.02. The molecule has 0 radical (unpaired) electrons. The van der Waals surface area contributed by atoms with E-state index in [1.807, 2.05) is 6.08 Å². The third kappa shape index (κ3) is 5.33. The summed E-state index contributed by atoms with van der Waals surface area (Å²) in [6, 6.07) is 59.2. The smallest absolute Gasteiger partial charge is 0.161 e. The summed E-state index contributed by atoms with van der Waals surface area (Å²) in [5.74, 6) is 0.689. The normalized spacial score (nSPS) is 13.2. The Kier molecular flexibility index (Phi) is 7.90. The number of hydrogen-bond donors (Lipinski definition) is 0. The SMILES string of the molecule is C=C/C=C(/c1cc(-c2cccc3ccccc23)nc(-c2ccc(-c3ccc4c(c3)C(C)(C)c3ccc5ccccc5c3-4)c3ccccc23)n1)c1ccccc1C. The van der Waals surface area contributed by atoms with Crippen LogP contribution in [0.1, 0.15) is 41.8 Å². The van der Waals surface area contributed by atoms with E-state index in [0.29, 0.717) is 5.82 Å². The zero-order valence-corrected chi connectivity index (χ0v) is 31.8. The lowest BCUT2D eigenvalue weighted by atomic mass is 9.81. The van der Waals surface area contributed by atoms with Gasteiger partial charge in [-0.05, 0) is 102 Å². The summed E-state index contributed by atoms with van der Waals surface area (Å²) in [6.07, 6.45) is 3.92. The van der Waals surface area contributed by atoms with E-state index in [1.165, 1.54) is 60.5 Å². The first-order chi connectivity index (χ1) is 27.4. The fourth-order valence-electron chi connectivity index (χ4n) is 9.02. The van der Waals surface area contributed by atoms with E-state index in [-0.39, 0.29) is 5.41 Å². The van der Waals surface area contributed by atoms with Gasteiger partial charge in [0.2, 0.25) is 0 Å². The summed E-state index contributed by atoms with van der Waals surface area (Å²) in [7, 11) is 0. The van der Waals surface area contributed by atoms with Crippen molar-refractivity contribution in [1.82, 2.24) is 9.97 Å². The molecular weight excluding hydrogens is 677 g/mol. The lowest BCUT2D eigenvalue weighted by Gasteiger charge is -2.22. The van der Waals surface area contributed by atoms with Crippen LogP contribution in [0.5, 0.6) is 0 Å². The van der Waals surface area contributed by atoms with Gasteiger partial charge in [0.1, 0.15) is 0 Å². The highest BCUT2D eigenvalue weighted by Crippen LogP contribution is 2.52. The van der Waals surface area contributed by atoms with Gasteiger partial charge in [0.05, 0.1) is 11.4 Å². The molecule has 0 spiro atoms. The van der Waals surface area contributed by atoms with Crippen LogP contribution in [0.15, 0.2) is 183 Å². The van der Waals surface area contributed by atoms with Gasteiger partial charge in [0.15, 0.2) is 5.82 Å². The van der Waals surface area contributed by atoms with Crippen molar-refractivity contribution in [2.24, 2.45) is 0 Å². The predicted octanol–water partition coefficient (Wildman–Crippen LogP) is 14.2. The van der Waals surface area contributed by atoms with Crippen molar-refractivity contribution in [3.63, 3.8) is 0 Å². The van der Waals surface area contributed by atoms with Crippen LogP contribution in [0.2, 0.25) is 0 Å². The number of aryl methyl sites for hydroxylation is 1. The summed E-state index contributed by atoms with van der Waals surface area (Å²) in [5, 5.41) is 7.22. The second-order valence-corrected chi connectivity index (χ2v) is 15.4. The maximum atomic E-state index is 5.39. The molecule has 1 aliphatic rings. The molecule has 0 N–H and O–H groups in total. The van der Waals surface area contributed by atoms with Gasteiger partial charge in [-0.15, -0.1) is 0 Å². The van der Waals surface area contributed by atoms with Gasteiger partial charge < -0.3 is 0 Å². The van der Waals surface area contributed by atoms with Crippen molar-refractivity contribution in [1.29, 1.82) is 0 Å². The predicted molar refractivity (Wildman–Crippen MR) is 237 cm³/mol. The highest BCUT2D eigenvalue weighted by atomic mass is 14.9. The average Bonchev–Trinajstić information content (AvgIpc) is 3.47. The minimum Gasteiger partial charge on any atom is -0.228 e. The third-order valence-corrected chi connectivity index (χ3v) is 11.8.